The van der Waals surface area contributed by atoms with Crippen molar-refractivity contribution in [2.24, 2.45) is 0 Å². The molecule has 1 fully saturated rings. The van der Waals surface area contributed by atoms with Crippen molar-refractivity contribution in [3.63, 3.8) is 0 Å². The molecule has 0 unspecified atom stereocenters. The van der Waals surface area contributed by atoms with E-state index < -0.39 is 12.1 Å². The average molecular weight is 372 g/mol. The zero-order chi connectivity index (χ0) is 18.8. The number of ether oxygens (including phenoxy) is 3. The van der Waals surface area contributed by atoms with E-state index in [4.69, 9.17) is 14.2 Å². The number of amides is 2. The van der Waals surface area contributed by atoms with E-state index >= 15 is 0 Å². The maximum Gasteiger partial charge on any atom is 0.410 e. The summed E-state index contributed by atoms with van der Waals surface area (Å²) in [5.41, 5.74) is 1.56. The Labute approximate surface area is 154 Å². The van der Waals surface area contributed by atoms with Gasteiger partial charge in [-0.05, 0) is 35.4 Å². The molecular formula is C19H17FN2O5. The third kappa shape index (κ3) is 3.64. The Hall–Kier alpha value is -3.29. The fourth-order valence-electron chi connectivity index (χ4n) is 2.99. The normalized spacial score (nSPS) is 17.7. The van der Waals surface area contributed by atoms with Gasteiger partial charge in [0.15, 0.2) is 11.5 Å². The average Bonchev–Trinajstić information content (AvgIpc) is 3.28. The molecule has 140 valence electrons. The molecule has 2 amide bonds. The first-order valence-corrected chi connectivity index (χ1v) is 8.44. The summed E-state index contributed by atoms with van der Waals surface area (Å²) >= 11 is 0. The lowest BCUT2D eigenvalue weighted by Gasteiger charge is -2.21. The minimum Gasteiger partial charge on any atom is -0.454 e. The zero-order valence-corrected chi connectivity index (χ0v) is 14.3. The number of nitrogens with zero attached hydrogens (tertiary/aromatic N) is 1. The number of hydrogen-bond donors (Lipinski definition) is 1. The van der Waals surface area contributed by atoms with Crippen molar-refractivity contribution in [3.8, 4) is 11.5 Å². The molecule has 0 radical (unpaired) electrons. The topological polar surface area (TPSA) is 77.1 Å². The Morgan fingerprint density at radius 2 is 1.81 bits per heavy atom. The largest absolute Gasteiger partial charge is 0.454 e. The number of fused-ring (bicyclic) bond motifs is 1. The van der Waals surface area contributed by atoms with Crippen LogP contribution in [-0.2, 0) is 22.6 Å². The minimum absolute atomic E-state index is 0.0208. The van der Waals surface area contributed by atoms with Crippen LogP contribution >= 0.6 is 0 Å². The van der Waals surface area contributed by atoms with Crippen LogP contribution < -0.4 is 14.8 Å². The lowest BCUT2D eigenvalue weighted by atomic mass is 10.1. The third-order valence-corrected chi connectivity index (χ3v) is 4.45. The van der Waals surface area contributed by atoms with E-state index in [-0.39, 0.29) is 38.2 Å². The lowest BCUT2D eigenvalue weighted by molar-refractivity contribution is -0.125. The van der Waals surface area contributed by atoms with Gasteiger partial charge in [0.1, 0.15) is 18.5 Å². The van der Waals surface area contributed by atoms with Crippen molar-refractivity contribution in [2.45, 2.75) is 19.1 Å². The summed E-state index contributed by atoms with van der Waals surface area (Å²) in [6.07, 6.45) is -0.567. The van der Waals surface area contributed by atoms with Crippen molar-refractivity contribution in [3.05, 3.63) is 59.4 Å². The van der Waals surface area contributed by atoms with Gasteiger partial charge in [-0.25, -0.2) is 9.18 Å². The first-order chi connectivity index (χ1) is 13.1. The summed E-state index contributed by atoms with van der Waals surface area (Å²) in [5, 5.41) is 2.81. The van der Waals surface area contributed by atoms with Gasteiger partial charge in [-0.2, -0.15) is 0 Å². The van der Waals surface area contributed by atoms with E-state index in [1.54, 1.807) is 24.3 Å². The Balaban J connectivity index is 1.39. The summed E-state index contributed by atoms with van der Waals surface area (Å²) < 4.78 is 28.6. The van der Waals surface area contributed by atoms with E-state index in [1.165, 1.54) is 17.0 Å². The first kappa shape index (κ1) is 17.1. The molecule has 2 aromatic carbocycles. The molecule has 0 bridgehead atoms. The molecule has 1 N–H and O–H groups in total. The van der Waals surface area contributed by atoms with Crippen LogP contribution in [0.1, 0.15) is 11.1 Å². The summed E-state index contributed by atoms with van der Waals surface area (Å²) in [6.45, 7) is 0.615. The van der Waals surface area contributed by atoms with Crippen molar-refractivity contribution in [2.75, 3.05) is 13.4 Å². The molecule has 7 nitrogen and oxygen atoms in total. The van der Waals surface area contributed by atoms with E-state index in [0.717, 1.165) is 5.56 Å². The SMILES string of the molecule is O=C(NCc1ccc2c(c1)OCO2)[C@@H]1COC(=O)N1Cc1ccc(F)cc1. The van der Waals surface area contributed by atoms with Crippen LogP contribution in [-0.4, -0.2) is 36.3 Å². The molecule has 8 heteroatoms. The fourth-order valence-corrected chi connectivity index (χ4v) is 2.99. The molecule has 2 aromatic rings. The van der Waals surface area contributed by atoms with Gasteiger partial charge in [0.05, 0.1) is 6.54 Å². The number of halogens is 1. The Morgan fingerprint density at radius 3 is 2.63 bits per heavy atom. The van der Waals surface area contributed by atoms with Crippen molar-refractivity contribution < 1.29 is 28.2 Å². The fraction of sp³-hybridized carbons (Fsp3) is 0.263. The van der Waals surface area contributed by atoms with Gasteiger partial charge in [0, 0.05) is 6.54 Å². The number of cyclic esters (lactones) is 1. The number of carbonyl (C=O) groups excluding carboxylic acids is 2. The van der Waals surface area contributed by atoms with Gasteiger partial charge in [-0.15, -0.1) is 0 Å². The minimum atomic E-state index is -0.739. The molecular weight excluding hydrogens is 355 g/mol. The third-order valence-electron chi connectivity index (χ3n) is 4.45. The molecule has 0 aliphatic carbocycles. The maximum atomic E-state index is 13.0. The molecule has 27 heavy (non-hydrogen) atoms. The number of benzene rings is 2. The molecule has 1 atom stereocenters. The summed E-state index contributed by atoms with van der Waals surface area (Å²) in [5.74, 6) is 0.630. The van der Waals surface area contributed by atoms with Crippen LogP contribution in [0.15, 0.2) is 42.5 Å². The van der Waals surface area contributed by atoms with Crippen LogP contribution in [0.2, 0.25) is 0 Å². The Kier molecular flexibility index (Phi) is 4.53. The molecule has 1 saturated heterocycles. The van der Waals surface area contributed by atoms with Gasteiger partial charge >= 0.3 is 6.09 Å². The van der Waals surface area contributed by atoms with Crippen molar-refractivity contribution >= 4 is 12.0 Å². The predicted octanol–water partition coefficient (Wildman–Crippen LogP) is 2.19. The summed E-state index contributed by atoms with van der Waals surface area (Å²) in [7, 11) is 0. The van der Waals surface area contributed by atoms with Crippen LogP contribution in [0.4, 0.5) is 9.18 Å². The van der Waals surface area contributed by atoms with Crippen LogP contribution in [0.25, 0.3) is 0 Å². The standard InChI is InChI=1S/C19H17FN2O5/c20-14-4-1-12(2-5-14)9-22-15(10-25-19(22)24)18(23)21-8-13-3-6-16-17(7-13)27-11-26-16/h1-7,15H,8-11H2,(H,21,23)/t15-/m0/s1. The van der Waals surface area contributed by atoms with Gasteiger partial charge in [-0.1, -0.05) is 18.2 Å². The number of carbonyl (C=O) groups is 2. The van der Waals surface area contributed by atoms with E-state index in [2.05, 4.69) is 5.32 Å². The van der Waals surface area contributed by atoms with Crippen LogP contribution in [0.5, 0.6) is 11.5 Å². The molecule has 0 spiro atoms. The monoisotopic (exact) mass is 372 g/mol. The number of hydrogen-bond acceptors (Lipinski definition) is 5. The summed E-state index contributed by atoms with van der Waals surface area (Å²) in [6, 6.07) is 10.4. The maximum absolute atomic E-state index is 13.0. The van der Waals surface area contributed by atoms with E-state index in [0.29, 0.717) is 17.1 Å². The van der Waals surface area contributed by atoms with Gasteiger partial charge in [0.25, 0.3) is 0 Å². The molecule has 2 aliphatic rings. The Morgan fingerprint density at radius 1 is 1.07 bits per heavy atom. The highest BCUT2D eigenvalue weighted by atomic mass is 19.1. The van der Waals surface area contributed by atoms with E-state index in [9.17, 15) is 14.0 Å². The quantitative estimate of drug-likeness (QED) is 0.871. The van der Waals surface area contributed by atoms with E-state index in [1.807, 2.05) is 6.07 Å². The highest BCUT2D eigenvalue weighted by Gasteiger charge is 2.37. The first-order valence-electron chi connectivity index (χ1n) is 8.44. The van der Waals surface area contributed by atoms with Gasteiger partial charge in [0.2, 0.25) is 12.7 Å². The zero-order valence-electron chi connectivity index (χ0n) is 14.3. The second-order valence-corrected chi connectivity index (χ2v) is 6.25. The highest BCUT2D eigenvalue weighted by Crippen LogP contribution is 2.32. The number of rotatable bonds is 5. The van der Waals surface area contributed by atoms with Gasteiger partial charge in [-0.3, -0.25) is 9.69 Å². The smallest absolute Gasteiger partial charge is 0.410 e. The van der Waals surface area contributed by atoms with Gasteiger partial charge < -0.3 is 19.5 Å². The molecule has 2 heterocycles. The second-order valence-electron chi connectivity index (χ2n) is 6.25. The van der Waals surface area contributed by atoms with Crippen LogP contribution in [0, 0.1) is 5.82 Å². The molecule has 4 rings (SSSR count). The molecule has 2 aliphatic heterocycles. The summed E-state index contributed by atoms with van der Waals surface area (Å²) in [4.78, 5) is 25.9. The molecule has 0 aromatic heterocycles. The number of nitrogens with one attached hydrogen (secondary N) is 1. The molecule has 0 saturated carbocycles. The van der Waals surface area contributed by atoms with Crippen LogP contribution in [0.3, 0.4) is 0 Å². The second kappa shape index (κ2) is 7.14. The van der Waals surface area contributed by atoms with Crippen molar-refractivity contribution in [1.29, 1.82) is 0 Å². The van der Waals surface area contributed by atoms with Crippen molar-refractivity contribution in [1.82, 2.24) is 10.2 Å². The Bertz CT molecular complexity index is 871. The lowest BCUT2D eigenvalue weighted by Crippen LogP contribution is -2.45. The highest BCUT2D eigenvalue weighted by molar-refractivity contribution is 5.87. The predicted molar refractivity (Wildman–Crippen MR) is 91.5 cm³/mol.